The number of hydrogen-bond donors (Lipinski definition) is 1. The van der Waals surface area contributed by atoms with Crippen LogP contribution in [0.2, 0.25) is 5.02 Å². The number of carboxylic acids is 1. The molecule has 22 heavy (non-hydrogen) atoms. The molecule has 3 nitrogen and oxygen atoms in total. The van der Waals surface area contributed by atoms with Crippen LogP contribution in [-0.4, -0.2) is 17.2 Å². The van der Waals surface area contributed by atoms with Gasteiger partial charge in [-0.15, -0.1) is 0 Å². The Morgan fingerprint density at radius 1 is 1.14 bits per heavy atom. The van der Waals surface area contributed by atoms with Crippen LogP contribution >= 0.6 is 11.6 Å². The van der Waals surface area contributed by atoms with Crippen molar-refractivity contribution < 1.29 is 14.6 Å². The average Bonchev–Trinajstić information content (AvgIpc) is 2.45. The zero-order chi connectivity index (χ0) is 16.3. The van der Waals surface area contributed by atoms with Crippen LogP contribution in [0.5, 0.6) is 5.75 Å². The van der Waals surface area contributed by atoms with Crippen LogP contribution in [0.15, 0.2) is 36.4 Å². The number of benzene rings is 2. The van der Waals surface area contributed by atoms with Crippen LogP contribution in [0, 0.1) is 20.8 Å². The lowest BCUT2D eigenvalue weighted by Crippen LogP contribution is -2.29. The number of hydrogen-bond acceptors (Lipinski definition) is 2. The minimum absolute atomic E-state index is 0.324. The predicted octanol–water partition coefficient (Wildman–Crippen LogP) is 4.34. The molecule has 1 atom stereocenters. The van der Waals surface area contributed by atoms with Gasteiger partial charge in [-0.3, -0.25) is 0 Å². The Morgan fingerprint density at radius 2 is 1.86 bits per heavy atom. The molecule has 0 bridgehead atoms. The van der Waals surface area contributed by atoms with E-state index in [0.717, 1.165) is 22.3 Å². The van der Waals surface area contributed by atoms with Gasteiger partial charge >= 0.3 is 5.97 Å². The lowest BCUT2D eigenvalue weighted by Gasteiger charge is -2.17. The Morgan fingerprint density at radius 3 is 2.50 bits per heavy atom. The number of aryl methyl sites for hydroxylation is 3. The molecule has 0 saturated heterocycles. The maximum Gasteiger partial charge on any atom is 0.345 e. The van der Waals surface area contributed by atoms with Gasteiger partial charge in [-0.2, -0.15) is 0 Å². The van der Waals surface area contributed by atoms with E-state index in [4.69, 9.17) is 16.3 Å². The number of halogens is 1. The fourth-order valence-electron chi connectivity index (χ4n) is 2.25. The normalized spacial score (nSPS) is 12.0. The number of aliphatic carboxylic acids is 1. The second-order valence-electron chi connectivity index (χ2n) is 5.49. The molecular formula is C18H19ClO3. The highest BCUT2D eigenvalue weighted by Crippen LogP contribution is 2.23. The highest BCUT2D eigenvalue weighted by Gasteiger charge is 2.21. The number of rotatable bonds is 5. The highest BCUT2D eigenvalue weighted by atomic mass is 35.5. The van der Waals surface area contributed by atoms with Crippen molar-refractivity contribution in [2.45, 2.75) is 33.3 Å². The number of carboxylic acid groups (broad SMARTS) is 1. The maximum atomic E-state index is 11.5. The highest BCUT2D eigenvalue weighted by molar-refractivity contribution is 6.31. The van der Waals surface area contributed by atoms with E-state index in [1.54, 1.807) is 18.2 Å². The molecule has 4 heteroatoms. The Balaban J connectivity index is 2.21. The molecule has 0 heterocycles. The predicted molar refractivity (Wildman–Crippen MR) is 87.9 cm³/mol. The van der Waals surface area contributed by atoms with Crippen molar-refractivity contribution in [1.82, 2.24) is 0 Å². The van der Waals surface area contributed by atoms with Crippen molar-refractivity contribution in [3.05, 3.63) is 63.7 Å². The van der Waals surface area contributed by atoms with E-state index < -0.39 is 12.1 Å². The quantitative estimate of drug-likeness (QED) is 0.892. The van der Waals surface area contributed by atoms with Crippen molar-refractivity contribution in [2.75, 3.05) is 0 Å². The molecule has 0 radical (unpaired) electrons. The molecule has 116 valence electrons. The molecule has 2 aromatic carbocycles. The molecule has 1 N–H and O–H groups in total. The molecule has 0 spiro atoms. The Bertz CT molecular complexity index is 695. The number of ether oxygens (including phenoxy) is 1. The second-order valence-corrected chi connectivity index (χ2v) is 5.90. The first-order valence-corrected chi connectivity index (χ1v) is 7.46. The largest absolute Gasteiger partial charge is 0.478 e. The molecule has 2 rings (SSSR count). The van der Waals surface area contributed by atoms with Gasteiger partial charge in [0.2, 0.25) is 0 Å². The standard InChI is InChI=1S/C18H19ClO3/c1-11-4-5-12(2)14(8-11)10-17(18(20)21)22-15-6-7-16(19)13(3)9-15/h4-9,17H,10H2,1-3H3,(H,20,21)/t17-/m1/s1. The summed E-state index contributed by atoms with van der Waals surface area (Å²) in [6.07, 6.45) is -0.606. The van der Waals surface area contributed by atoms with Crippen LogP contribution in [0.3, 0.4) is 0 Å². The first-order valence-electron chi connectivity index (χ1n) is 7.08. The summed E-state index contributed by atoms with van der Waals surface area (Å²) in [6, 6.07) is 11.2. The van der Waals surface area contributed by atoms with E-state index in [1.807, 2.05) is 39.0 Å². The third-order valence-electron chi connectivity index (χ3n) is 3.59. The van der Waals surface area contributed by atoms with Gasteiger partial charge in [-0.05, 0) is 55.7 Å². The Labute approximate surface area is 135 Å². The molecule has 0 aliphatic carbocycles. The second kappa shape index (κ2) is 6.84. The summed E-state index contributed by atoms with van der Waals surface area (Å²) in [4.78, 5) is 11.5. The smallest absolute Gasteiger partial charge is 0.345 e. The number of carbonyl (C=O) groups is 1. The minimum atomic E-state index is -0.978. The fraction of sp³-hybridized carbons (Fsp3) is 0.278. The zero-order valence-electron chi connectivity index (χ0n) is 12.9. The molecule has 2 aromatic rings. The molecular weight excluding hydrogens is 300 g/mol. The lowest BCUT2D eigenvalue weighted by molar-refractivity contribution is -0.145. The van der Waals surface area contributed by atoms with Crippen LogP contribution in [0.4, 0.5) is 0 Å². The summed E-state index contributed by atoms with van der Waals surface area (Å²) < 4.78 is 5.65. The molecule has 0 fully saturated rings. The van der Waals surface area contributed by atoms with Crippen LogP contribution in [0.25, 0.3) is 0 Å². The summed E-state index contributed by atoms with van der Waals surface area (Å²) in [5.74, 6) is -0.465. The SMILES string of the molecule is Cc1ccc(C)c(C[C@@H](Oc2ccc(Cl)c(C)c2)C(=O)O)c1. The summed E-state index contributed by atoms with van der Waals surface area (Å²) in [5.41, 5.74) is 4.01. The first-order chi connectivity index (χ1) is 10.4. The van der Waals surface area contributed by atoms with Crippen molar-refractivity contribution in [1.29, 1.82) is 0 Å². The Hall–Kier alpha value is -2.00. The van der Waals surface area contributed by atoms with E-state index in [1.165, 1.54) is 0 Å². The Kier molecular flexibility index (Phi) is 5.09. The third-order valence-corrected chi connectivity index (χ3v) is 4.02. The van der Waals surface area contributed by atoms with Crippen LogP contribution in [-0.2, 0) is 11.2 Å². The van der Waals surface area contributed by atoms with Gasteiger partial charge in [0.1, 0.15) is 5.75 Å². The fourth-order valence-corrected chi connectivity index (χ4v) is 2.37. The van der Waals surface area contributed by atoms with E-state index in [-0.39, 0.29) is 0 Å². The molecule has 0 aliphatic heterocycles. The summed E-state index contributed by atoms with van der Waals surface area (Å²) in [6.45, 7) is 5.82. The van der Waals surface area contributed by atoms with Crippen molar-refractivity contribution in [3.63, 3.8) is 0 Å². The van der Waals surface area contributed by atoms with Gasteiger partial charge in [0.25, 0.3) is 0 Å². The van der Waals surface area contributed by atoms with Gasteiger partial charge < -0.3 is 9.84 Å². The average molecular weight is 319 g/mol. The van der Waals surface area contributed by atoms with Crippen molar-refractivity contribution in [3.8, 4) is 5.75 Å². The first kappa shape index (κ1) is 16.4. The molecule has 0 saturated carbocycles. The van der Waals surface area contributed by atoms with Crippen molar-refractivity contribution >= 4 is 17.6 Å². The third kappa shape index (κ3) is 4.01. The molecule has 0 amide bonds. The van der Waals surface area contributed by atoms with Gasteiger partial charge in [-0.1, -0.05) is 35.4 Å². The van der Waals surface area contributed by atoms with Crippen LogP contribution < -0.4 is 4.74 Å². The van der Waals surface area contributed by atoms with Gasteiger partial charge in [0.15, 0.2) is 6.10 Å². The topological polar surface area (TPSA) is 46.5 Å². The molecule has 0 unspecified atom stereocenters. The monoisotopic (exact) mass is 318 g/mol. The lowest BCUT2D eigenvalue weighted by atomic mass is 10.00. The summed E-state index contributed by atoms with van der Waals surface area (Å²) in [5, 5.41) is 10.1. The summed E-state index contributed by atoms with van der Waals surface area (Å²) >= 11 is 5.98. The van der Waals surface area contributed by atoms with Gasteiger partial charge in [-0.25, -0.2) is 4.79 Å². The van der Waals surface area contributed by atoms with E-state index in [9.17, 15) is 9.90 Å². The van der Waals surface area contributed by atoms with Gasteiger partial charge in [0.05, 0.1) is 0 Å². The molecule has 0 aliphatic rings. The van der Waals surface area contributed by atoms with E-state index in [2.05, 4.69) is 0 Å². The minimum Gasteiger partial charge on any atom is -0.478 e. The van der Waals surface area contributed by atoms with Crippen LogP contribution in [0.1, 0.15) is 22.3 Å². The zero-order valence-corrected chi connectivity index (χ0v) is 13.6. The van der Waals surface area contributed by atoms with E-state index in [0.29, 0.717) is 17.2 Å². The summed E-state index contributed by atoms with van der Waals surface area (Å²) in [7, 11) is 0. The van der Waals surface area contributed by atoms with E-state index >= 15 is 0 Å². The maximum absolute atomic E-state index is 11.5. The van der Waals surface area contributed by atoms with Crippen molar-refractivity contribution in [2.24, 2.45) is 0 Å². The van der Waals surface area contributed by atoms with Gasteiger partial charge in [0, 0.05) is 11.4 Å². The molecule has 0 aromatic heterocycles.